The van der Waals surface area contributed by atoms with Crippen molar-refractivity contribution in [3.8, 4) is 22.8 Å². The van der Waals surface area contributed by atoms with Gasteiger partial charge >= 0.3 is 0 Å². The number of nitrogens with one attached hydrogen (secondary N) is 1. The maximum atomic E-state index is 12.7. The molecule has 1 aromatic heterocycles. The molecule has 0 bridgehead atoms. The Balaban J connectivity index is 1.55. The molecule has 1 fully saturated rings. The molecule has 0 spiro atoms. The second-order valence-electron chi connectivity index (χ2n) is 6.68. The van der Waals surface area contributed by atoms with E-state index in [9.17, 15) is 4.79 Å². The van der Waals surface area contributed by atoms with E-state index in [1.807, 2.05) is 49.4 Å². The number of carbonyl (C=O) groups is 1. The molecule has 3 aromatic rings. The number of ether oxygens (including phenoxy) is 1. The Bertz CT molecular complexity index is 928. The molecule has 2 heterocycles. The zero-order chi connectivity index (χ0) is 18.6. The minimum atomic E-state index is -0.170. The van der Waals surface area contributed by atoms with Crippen LogP contribution >= 0.6 is 0 Å². The Hall–Kier alpha value is -2.99. The summed E-state index contributed by atoms with van der Waals surface area (Å²) in [5.74, 6) is 0.657. The number of benzene rings is 2. The van der Waals surface area contributed by atoms with E-state index in [2.05, 4.69) is 15.5 Å². The number of hydrogen-bond acceptors (Lipinski definition) is 5. The second kappa shape index (κ2) is 7.72. The van der Waals surface area contributed by atoms with Crippen molar-refractivity contribution in [1.29, 1.82) is 0 Å². The van der Waals surface area contributed by atoms with E-state index in [-0.39, 0.29) is 12.0 Å². The SMILES string of the molecule is Cc1ccc(-c2noc(-c3ccccc3C(=O)NC[C@@H]3CCCO3)n2)cc1. The molecule has 1 saturated heterocycles. The summed E-state index contributed by atoms with van der Waals surface area (Å²) in [5.41, 5.74) is 3.16. The normalized spacial score (nSPS) is 16.4. The maximum absolute atomic E-state index is 12.7. The van der Waals surface area contributed by atoms with E-state index in [4.69, 9.17) is 9.26 Å². The lowest BCUT2D eigenvalue weighted by molar-refractivity contribution is 0.0858. The zero-order valence-corrected chi connectivity index (χ0v) is 15.1. The van der Waals surface area contributed by atoms with E-state index in [0.717, 1.165) is 30.6 Å². The van der Waals surface area contributed by atoms with Crippen LogP contribution in [0.25, 0.3) is 22.8 Å². The van der Waals surface area contributed by atoms with Crippen molar-refractivity contribution < 1.29 is 14.1 Å². The first-order valence-corrected chi connectivity index (χ1v) is 9.10. The fourth-order valence-electron chi connectivity index (χ4n) is 3.13. The Kier molecular flexibility index (Phi) is 4.98. The van der Waals surface area contributed by atoms with Crippen molar-refractivity contribution in [1.82, 2.24) is 15.5 Å². The molecule has 6 heteroatoms. The highest BCUT2D eigenvalue weighted by atomic mass is 16.5. The van der Waals surface area contributed by atoms with Crippen LogP contribution in [0.15, 0.2) is 53.1 Å². The summed E-state index contributed by atoms with van der Waals surface area (Å²) < 4.78 is 11.0. The first-order valence-electron chi connectivity index (χ1n) is 9.10. The van der Waals surface area contributed by atoms with Crippen LogP contribution in [0.2, 0.25) is 0 Å². The predicted octanol–water partition coefficient (Wildman–Crippen LogP) is 3.62. The maximum Gasteiger partial charge on any atom is 0.259 e. The highest BCUT2D eigenvalue weighted by Gasteiger charge is 2.20. The van der Waals surface area contributed by atoms with Gasteiger partial charge in [-0.05, 0) is 31.9 Å². The van der Waals surface area contributed by atoms with E-state index >= 15 is 0 Å². The van der Waals surface area contributed by atoms with Crippen molar-refractivity contribution in [2.75, 3.05) is 13.2 Å². The molecule has 6 nitrogen and oxygen atoms in total. The summed E-state index contributed by atoms with van der Waals surface area (Å²) in [6, 6.07) is 15.1. The van der Waals surface area contributed by atoms with Crippen molar-refractivity contribution in [2.24, 2.45) is 0 Å². The lowest BCUT2D eigenvalue weighted by Crippen LogP contribution is -2.32. The van der Waals surface area contributed by atoms with E-state index < -0.39 is 0 Å². The topological polar surface area (TPSA) is 77.2 Å². The number of nitrogens with zero attached hydrogens (tertiary/aromatic N) is 2. The quantitative estimate of drug-likeness (QED) is 0.749. The molecule has 138 valence electrons. The van der Waals surface area contributed by atoms with Gasteiger partial charge < -0.3 is 14.6 Å². The van der Waals surface area contributed by atoms with Crippen molar-refractivity contribution in [3.05, 3.63) is 59.7 Å². The highest BCUT2D eigenvalue weighted by Crippen LogP contribution is 2.25. The van der Waals surface area contributed by atoms with Gasteiger partial charge in [0.2, 0.25) is 5.82 Å². The minimum Gasteiger partial charge on any atom is -0.376 e. The molecule has 0 radical (unpaired) electrons. The van der Waals surface area contributed by atoms with Crippen LogP contribution < -0.4 is 5.32 Å². The van der Waals surface area contributed by atoms with E-state index in [0.29, 0.717) is 29.4 Å². The number of carbonyl (C=O) groups excluding carboxylic acids is 1. The Morgan fingerprint density at radius 3 is 2.78 bits per heavy atom. The van der Waals surface area contributed by atoms with Crippen LogP contribution in [0.5, 0.6) is 0 Å². The first-order chi connectivity index (χ1) is 13.2. The van der Waals surface area contributed by atoms with Gasteiger partial charge in [-0.1, -0.05) is 47.1 Å². The fourth-order valence-corrected chi connectivity index (χ4v) is 3.13. The van der Waals surface area contributed by atoms with Crippen LogP contribution in [0.3, 0.4) is 0 Å². The molecule has 1 aliphatic rings. The third-order valence-corrected chi connectivity index (χ3v) is 4.65. The van der Waals surface area contributed by atoms with Crippen LogP contribution in [0.1, 0.15) is 28.8 Å². The van der Waals surface area contributed by atoms with Crippen molar-refractivity contribution >= 4 is 5.91 Å². The van der Waals surface area contributed by atoms with Gasteiger partial charge in [-0.2, -0.15) is 4.98 Å². The first kappa shape index (κ1) is 17.4. The summed E-state index contributed by atoms with van der Waals surface area (Å²) >= 11 is 0. The Morgan fingerprint density at radius 2 is 2.00 bits per heavy atom. The Labute approximate surface area is 157 Å². The lowest BCUT2D eigenvalue weighted by atomic mass is 10.1. The second-order valence-corrected chi connectivity index (χ2v) is 6.68. The zero-order valence-electron chi connectivity index (χ0n) is 15.1. The number of aryl methyl sites for hydroxylation is 1. The number of amides is 1. The summed E-state index contributed by atoms with van der Waals surface area (Å²) in [6.07, 6.45) is 2.12. The molecule has 1 N–H and O–H groups in total. The van der Waals surface area contributed by atoms with Gasteiger partial charge in [0.15, 0.2) is 0 Å². The summed E-state index contributed by atoms with van der Waals surface area (Å²) in [4.78, 5) is 17.1. The molecule has 2 aromatic carbocycles. The monoisotopic (exact) mass is 363 g/mol. The van der Waals surface area contributed by atoms with Gasteiger partial charge in [-0.15, -0.1) is 0 Å². The average Bonchev–Trinajstić information content (AvgIpc) is 3.39. The largest absolute Gasteiger partial charge is 0.376 e. The molecular weight excluding hydrogens is 342 g/mol. The smallest absolute Gasteiger partial charge is 0.259 e. The molecule has 0 unspecified atom stereocenters. The summed E-state index contributed by atoms with van der Waals surface area (Å²) in [5, 5.41) is 7.01. The van der Waals surface area contributed by atoms with Crippen molar-refractivity contribution in [2.45, 2.75) is 25.9 Å². The van der Waals surface area contributed by atoms with Crippen LogP contribution in [-0.2, 0) is 4.74 Å². The molecule has 1 amide bonds. The molecular formula is C21H21N3O3. The van der Waals surface area contributed by atoms with Crippen molar-refractivity contribution in [3.63, 3.8) is 0 Å². The predicted molar refractivity (Wildman–Crippen MR) is 101 cm³/mol. The van der Waals surface area contributed by atoms with Crippen LogP contribution in [-0.4, -0.2) is 35.3 Å². The standard InChI is InChI=1S/C21H21N3O3/c1-14-8-10-15(11-9-14)19-23-21(27-24-19)18-7-3-2-6-17(18)20(25)22-13-16-5-4-12-26-16/h2-3,6-11,16H,4-5,12-13H2,1H3,(H,22,25)/t16-/m0/s1. The molecule has 0 aliphatic carbocycles. The number of hydrogen-bond donors (Lipinski definition) is 1. The molecule has 1 atom stereocenters. The fraction of sp³-hybridized carbons (Fsp3) is 0.286. The van der Waals surface area contributed by atoms with Gasteiger partial charge in [0.1, 0.15) is 0 Å². The number of aromatic nitrogens is 2. The summed E-state index contributed by atoms with van der Waals surface area (Å²) in [6.45, 7) is 3.30. The number of rotatable bonds is 5. The van der Waals surface area contributed by atoms with Gasteiger partial charge in [-0.3, -0.25) is 4.79 Å². The molecule has 4 rings (SSSR count). The highest BCUT2D eigenvalue weighted by molar-refractivity contribution is 6.00. The van der Waals surface area contributed by atoms with Gasteiger partial charge in [0.25, 0.3) is 11.8 Å². The third-order valence-electron chi connectivity index (χ3n) is 4.65. The third kappa shape index (κ3) is 3.90. The van der Waals surface area contributed by atoms with Gasteiger partial charge in [-0.25, -0.2) is 0 Å². The molecule has 27 heavy (non-hydrogen) atoms. The lowest BCUT2D eigenvalue weighted by Gasteiger charge is -2.11. The van der Waals surface area contributed by atoms with E-state index in [1.54, 1.807) is 6.07 Å². The van der Waals surface area contributed by atoms with Gasteiger partial charge in [0, 0.05) is 18.7 Å². The summed E-state index contributed by atoms with van der Waals surface area (Å²) in [7, 11) is 0. The van der Waals surface area contributed by atoms with Gasteiger partial charge in [0.05, 0.1) is 17.2 Å². The molecule has 1 aliphatic heterocycles. The van der Waals surface area contributed by atoms with Crippen LogP contribution in [0, 0.1) is 6.92 Å². The van der Waals surface area contributed by atoms with E-state index in [1.165, 1.54) is 0 Å². The molecule has 0 saturated carbocycles. The minimum absolute atomic E-state index is 0.0951. The van der Waals surface area contributed by atoms with Crippen LogP contribution in [0.4, 0.5) is 0 Å². The Morgan fingerprint density at radius 1 is 1.19 bits per heavy atom. The average molecular weight is 363 g/mol.